The summed E-state index contributed by atoms with van der Waals surface area (Å²) in [5.74, 6) is 0.726. The van der Waals surface area contributed by atoms with Crippen molar-refractivity contribution in [3.8, 4) is 5.75 Å². The van der Waals surface area contributed by atoms with Gasteiger partial charge in [0.2, 0.25) is 0 Å². The summed E-state index contributed by atoms with van der Waals surface area (Å²) in [4.78, 5) is 5.48. The zero-order valence-corrected chi connectivity index (χ0v) is 12.4. The molecule has 0 spiro atoms. The lowest BCUT2D eigenvalue weighted by molar-refractivity contribution is 0.323. The van der Waals surface area contributed by atoms with Gasteiger partial charge in [0.25, 0.3) is 0 Å². The van der Waals surface area contributed by atoms with Gasteiger partial charge in [-0.1, -0.05) is 17.7 Å². The minimum Gasteiger partial charge on any atom is -0.492 e. The Labute approximate surface area is 122 Å². The second-order valence-electron chi connectivity index (χ2n) is 4.26. The van der Waals surface area contributed by atoms with E-state index in [0.717, 1.165) is 29.8 Å². The third kappa shape index (κ3) is 3.93. The van der Waals surface area contributed by atoms with E-state index in [9.17, 15) is 0 Å². The Kier molecular flexibility index (Phi) is 5.19. The molecule has 0 bridgehead atoms. The molecule has 0 amide bonds. The smallest absolute Gasteiger partial charge is 0.137 e. The number of ether oxygens (including phenoxy) is 1. The van der Waals surface area contributed by atoms with Crippen LogP contribution in [0.5, 0.6) is 5.75 Å². The number of nitrogens with zero attached hydrogens (tertiary/aromatic N) is 1. The fourth-order valence-corrected chi connectivity index (χ4v) is 2.82. The number of hydrogen-bond donors (Lipinski definition) is 1. The van der Waals surface area contributed by atoms with E-state index < -0.39 is 0 Å². The average Bonchev–Trinajstić information content (AvgIpc) is 2.78. The maximum absolute atomic E-state index is 6.18. The molecule has 0 unspecified atom stereocenters. The minimum atomic E-state index is 0.610. The van der Waals surface area contributed by atoms with Gasteiger partial charge >= 0.3 is 0 Å². The van der Waals surface area contributed by atoms with Gasteiger partial charge in [-0.15, -0.1) is 11.3 Å². The average molecular weight is 297 g/mol. The summed E-state index contributed by atoms with van der Waals surface area (Å²) in [6, 6.07) is 5.83. The molecule has 19 heavy (non-hydrogen) atoms. The fourth-order valence-electron chi connectivity index (χ4n) is 1.80. The Morgan fingerprint density at radius 1 is 1.37 bits per heavy atom. The summed E-state index contributed by atoms with van der Waals surface area (Å²) in [5.41, 5.74) is 9.60. The van der Waals surface area contributed by atoms with Crippen molar-refractivity contribution in [2.45, 2.75) is 19.8 Å². The van der Waals surface area contributed by atoms with Crippen LogP contribution in [0.2, 0.25) is 5.02 Å². The molecule has 0 saturated carbocycles. The molecule has 3 nitrogen and oxygen atoms in total. The molecule has 0 fully saturated rings. The van der Waals surface area contributed by atoms with Gasteiger partial charge in [-0.3, -0.25) is 0 Å². The van der Waals surface area contributed by atoms with Crippen LogP contribution >= 0.6 is 22.9 Å². The van der Waals surface area contributed by atoms with Crippen molar-refractivity contribution >= 4 is 22.9 Å². The van der Waals surface area contributed by atoms with Crippen molar-refractivity contribution in [3.63, 3.8) is 0 Å². The van der Waals surface area contributed by atoms with E-state index in [0.29, 0.717) is 18.2 Å². The number of nitrogens with two attached hydrogens (primary N) is 1. The number of aryl methyl sites for hydroxylation is 1. The predicted molar refractivity (Wildman–Crippen MR) is 80.3 cm³/mol. The van der Waals surface area contributed by atoms with Crippen molar-refractivity contribution in [2.75, 3.05) is 13.2 Å². The lowest BCUT2D eigenvalue weighted by Gasteiger charge is -2.09. The Hall–Kier alpha value is -1.10. The van der Waals surface area contributed by atoms with Crippen molar-refractivity contribution in [2.24, 2.45) is 5.73 Å². The van der Waals surface area contributed by atoms with E-state index in [1.807, 2.05) is 30.6 Å². The van der Waals surface area contributed by atoms with Crippen LogP contribution in [-0.2, 0) is 12.8 Å². The number of halogens is 1. The number of rotatable bonds is 6. The van der Waals surface area contributed by atoms with E-state index in [2.05, 4.69) is 4.98 Å². The van der Waals surface area contributed by atoms with Crippen molar-refractivity contribution in [3.05, 3.63) is 44.9 Å². The maximum Gasteiger partial charge on any atom is 0.137 e. The highest BCUT2D eigenvalue weighted by molar-refractivity contribution is 7.09. The normalized spacial score (nSPS) is 10.7. The zero-order chi connectivity index (χ0) is 13.7. The number of hydrogen-bond acceptors (Lipinski definition) is 4. The van der Waals surface area contributed by atoms with Crippen molar-refractivity contribution in [1.29, 1.82) is 0 Å². The van der Waals surface area contributed by atoms with E-state index in [1.165, 1.54) is 4.88 Å². The van der Waals surface area contributed by atoms with Crippen molar-refractivity contribution in [1.82, 2.24) is 4.98 Å². The Morgan fingerprint density at radius 2 is 2.21 bits per heavy atom. The third-order valence-corrected chi connectivity index (χ3v) is 4.15. The molecule has 1 heterocycles. The van der Waals surface area contributed by atoms with Crippen LogP contribution in [0.3, 0.4) is 0 Å². The van der Waals surface area contributed by atoms with Gasteiger partial charge in [0.05, 0.1) is 22.8 Å². The monoisotopic (exact) mass is 296 g/mol. The molecule has 2 aromatic rings. The molecule has 0 atom stereocenters. The zero-order valence-electron chi connectivity index (χ0n) is 10.9. The molecule has 0 aliphatic heterocycles. The molecule has 0 radical (unpaired) electrons. The molecule has 102 valence electrons. The molecule has 0 saturated heterocycles. The number of aromatic nitrogens is 1. The first-order chi connectivity index (χ1) is 9.20. The fraction of sp³-hybridized carbons (Fsp3) is 0.357. The van der Waals surface area contributed by atoms with E-state index in [-0.39, 0.29) is 0 Å². The minimum absolute atomic E-state index is 0.610. The highest BCUT2D eigenvalue weighted by Gasteiger charge is 2.05. The van der Waals surface area contributed by atoms with Crippen LogP contribution in [0.4, 0.5) is 0 Å². The Bertz CT molecular complexity index is 542. The van der Waals surface area contributed by atoms with Crippen LogP contribution < -0.4 is 10.5 Å². The predicted octanol–water partition coefficient (Wildman–Crippen LogP) is 3.23. The topological polar surface area (TPSA) is 48.1 Å². The van der Waals surface area contributed by atoms with E-state index >= 15 is 0 Å². The van der Waals surface area contributed by atoms with Gasteiger partial charge in [0.1, 0.15) is 5.75 Å². The highest BCUT2D eigenvalue weighted by atomic mass is 35.5. The van der Waals surface area contributed by atoms with Gasteiger partial charge in [0.15, 0.2) is 0 Å². The lowest BCUT2D eigenvalue weighted by atomic mass is 10.1. The van der Waals surface area contributed by atoms with Gasteiger partial charge in [0, 0.05) is 11.3 Å². The van der Waals surface area contributed by atoms with Crippen LogP contribution in [0, 0.1) is 6.92 Å². The summed E-state index contributed by atoms with van der Waals surface area (Å²) in [6.45, 7) is 3.25. The van der Waals surface area contributed by atoms with Gasteiger partial charge < -0.3 is 10.5 Å². The molecule has 1 aromatic heterocycles. The summed E-state index contributed by atoms with van der Waals surface area (Å²) in [7, 11) is 0. The van der Waals surface area contributed by atoms with Gasteiger partial charge in [-0.2, -0.15) is 0 Å². The van der Waals surface area contributed by atoms with Crippen LogP contribution in [-0.4, -0.2) is 18.1 Å². The Balaban J connectivity index is 1.91. The molecule has 2 N–H and O–H groups in total. The van der Waals surface area contributed by atoms with Gasteiger partial charge in [-0.25, -0.2) is 4.98 Å². The summed E-state index contributed by atoms with van der Waals surface area (Å²) < 4.78 is 5.71. The van der Waals surface area contributed by atoms with Crippen LogP contribution in [0.25, 0.3) is 0 Å². The molecule has 2 rings (SSSR count). The molecule has 1 aromatic carbocycles. The van der Waals surface area contributed by atoms with E-state index in [1.54, 1.807) is 11.3 Å². The quantitative estimate of drug-likeness (QED) is 0.890. The van der Waals surface area contributed by atoms with Crippen molar-refractivity contribution < 1.29 is 4.74 Å². The second kappa shape index (κ2) is 6.89. The molecule has 0 aliphatic rings. The molecular formula is C14H17ClN2OS. The lowest BCUT2D eigenvalue weighted by Crippen LogP contribution is -2.04. The van der Waals surface area contributed by atoms with Crippen LogP contribution in [0.15, 0.2) is 23.7 Å². The second-order valence-corrected chi connectivity index (χ2v) is 5.61. The third-order valence-electron chi connectivity index (χ3n) is 2.86. The van der Waals surface area contributed by atoms with E-state index in [4.69, 9.17) is 22.1 Å². The summed E-state index contributed by atoms with van der Waals surface area (Å²) in [5, 5.41) is 0.645. The maximum atomic E-state index is 6.18. The molecular weight excluding hydrogens is 280 g/mol. The first-order valence-corrected chi connectivity index (χ1v) is 7.46. The molecule has 5 heteroatoms. The largest absolute Gasteiger partial charge is 0.492 e. The Morgan fingerprint density at radius 3 is 2.84 bits per heavy atom. The summed E-state index contributed by atoms with van der Waals surface area (Å²) in [6.07, 6.45) is 1.69. The first-order valence-electron chi connectivity index (χ1n) is 6.21. The van der Waals surface area contributed by atoms with Crippen LogP contribution in [0.1, 0.15) is 16.1 Å². The highest BCUT2D eigenvalue weighted by Crippen LogP contribution is 2.26. The summed E-state index contributed by atoms with van der Waals surface area (Å²) >= 11 is 7.84. The number of benzene rings is 1. The van der Waals surface area contributed by atoms with Gasteiger partial charge in [-0.05, 0) is 37.6 Å². The molecule has 0 aliphatic carbocycles. The SMILES string of the molecule is Cc1ncsc1CCOc1ccc(CCN)cc1Cl. The standard InChI is InChI=1S/C14H17ClN2OS/c1-10-14(19-9-17-10)5-7-18-13-3-2-11(4-6-16)8-12(13)15/h2-3,8-9H,4-7,16H2,1H3. The first kappa shape index (κ1) is 14.3. The number of thiazole rings is 1.